The van der Waals surface area contributed by atoms with E-state index < -0.39 is 5.60 Å². The van der Waals surface area contributed by atoms with E-state index in [1.807, 2.05) is 0 Å². The second kappa shape index (κ2) is 10.2. The summed E-state index contributed by atoms with van der Waals surface area (Å²) in [4.78, 5) is 11.7. The first-order valence-electron chi connectivity index (χ1n) is 8.63. The van der Waals surface area contributed by atoms with Crippen LogP contribution in [-0.4, -0.2) is 30.2 Å². The minimum absolute atomic E-state index is 0.0863. The van der Waals surface area contributed by atoms with Crippen molar-refractivity contribution in [3.63, 3.8) is 0 Å². The summed E-state index contributed by atoms with van der Waals surface area (Å²) >= 11 is 0. The smallest absolute Gasteiger partial charge is 0.186 e. The van der Waals surface area contributed by atoms with Crippen LogP contribution in [0.3, 0.4) is 0 Å². The highest BCUT2D eigenvalue weighted by atomic mass is 16.5. The average Bonchev–Trinajstić information content (AvgIpc) is 2.46. The zero-order chi connectivity index (χ0) is 17.2. The van der Waals surface area contributed by atoms with Crippen molar-refractivity contribution >= 4 is 5.78 Å². The Balaban J connectivity index is 4.18. The zero-order valence-electron chi connectivity index (χ0n) is 15.5. The van der Waals surface area contributed by atoms with Gasteiger partial charge in [0.05, 0.1) is 18.8 Å². The standard InChI is InChI=1S/C19H36O3/c1-8-11-12-16(9-2)15-22-18(4,5)13-14-21-19(6,7)17(20)10-3/h10,16H,3,8-9,11-15H2,1-2,4-7H3. The molecule has 0 aromatic rings. The Kier molecular flexibility index (Phi) is 9.86. The largest absolute Gasteiger partial charge is 0.375 e. The third-order valence-corrected chi connectivity index (χ3v) is 4.20. The minimum Gasteiger partial charge on any atom is -0.375 e. The predicted octanol–water partition coefficient (Wildman–Crippen LogP) is 4.94. The van der Waals surface area contributed by atoms with E-state index in [4.69, 9.17) is 9.47 Å². The number of ether oxygens (including phenoxy) is 2. The molecular weight excluding hydrogens is 276 g/mol. The molecule has 130 valence electrons. The zero-order valence-corrected chi connectivity index (χ0v) is 15.5. The molecule has 3 nitrogen and oxygen atoms in total. The van der Waals surface area contributed by atoms with E-state index >= 15 is 0 Å². The summed E-state index contributed by atoms with van der Waals surface area (Å²) in [6.45, 7) is 17.0. The molecule has 0 aliphatic heterocycles. The highest BCUT2D eigenvalue weighted by Crippen LogP contribution is 2.21. The molecule has 0 saturated heterocycles. The van der Waals surface area contributed by atoms with Gasteiger partial charge in [-0.25, -0.2) is 0 Å². The predicted molar refractivity (Wildman–Crippen MR) is 93.2 cm³/mol. The Morgan fingerprint density at radius 1 is 1.18 bits per heavy atom. The van der Waals surface area contributed by atoms with E-state index in [0.717, 1.165) is 19.4 Å². The van der Waals surface area contributed by atoms with Crippen LogP contribution < -0.4 is 0 Å². The van der Waals surface area contributed by atoms with E-state index in [-0.39, 0.29) is 11.4 Å². The van der Waals surface area contributed by atoms with Crippen molar-refractivity contribution in [2.75, 3.05) is 13.2 Å². The van der Waals surface area contributed by atoms with Crippen LogP contribution in [0.5, 0.6) is 0 Å². The quantitative estimate of drug-likeness (QED) is 0.452. The number of hydrogen-bond donors (Lipinski definition) is 0. The fourth-order valence-electron chi connectivity index (χ4n) is 2.18. The molecule has 0 spiro atoms. The van der Waals surface area contributed by atoms with Gasteiger partial charge in [0.2, 0.25) is 0 Å². The van der Waals surface area contributed by atoms with Gasteiger partial charge in [-0.15, -0.1) is 0 Å². The number of carbonyl (C=O) groups is 1. The fourth-order valence-corrected chi connectivity index (χ4v) is 2.18. The van der Waals surface area contributed by atoms with Crippen LogP contribution in [0.25, 0.3) is 0 Å². The molecule has 0 aliphatic carbocycles. The SMILES string of the molecule is C=CC(=O)C(C)(C)OCCC(C)(C)OCC(CC)CCCC. The summed E-state index contributed by atoms with van der Waals surface area (Å²) in [6, 6.07) is 0. The fraction of sp³-hybridized carbons (Fsp3) is 0.842. The summed E-state index contributed by atoms with van der Waals surface area (Å²) in [5.41, 5.74) is -1.03. The van der Waals surface area contributed by atoms with E-state index in [0.29, 0.717) is 12.5 Å². The van der Waals surface area contributed by atoms with Crippen molar-refractivity contribution in [1.82, 2.24) is 0 Å². The molecule has 1 unspecified atom stereocenters. The topological polar surface area (TPSA) is 35.5 Å². The molecule has 0 bridgehead atoms. The van der Waals surface area contributed by atoms with Crippen molar-refractivity contribution in [3.8, 4) is 0 Å². The summed E-state index contributed by atoms with van der Waals surface area (Å²) in [7, 11) is 0. The molecule has 0 heterocycles. The number of unbranched alkanes of at least 4 members (excludes halogenated alkanes) is 1. The van der Waals surface area contributed by atoms with Crippen LogP contribution in [0.2, 0.25) is 0 Å². The Morgan fingerprint density at radius 2 is 1.82 bits per heavy atom. The highest BCUT2D eigenvalue weighted by molar-refractivity contribution is 5.95. The number of carbonyl (C=O) groups excluding carboxylic acids is 1. The third-order valence-electron chi connectivity index (χ3n) is 4.20. The lowest BCUT2D eigenvalue weighted by molar-refractivity contribution is -0.138. The van der Waals surface area contributed by atoms with Gasteiger partial charge in [-0.1, -0.05) is 39.7 Å². The van der Waals surface area contributed by atoms with Crippen molar-refractivity contribution in [2.24, 2.45) is 5.92 Å². The maximum absolute atomic E-state index is 11.7. The first kappa shape index (κ1) is 21.3. The highest BCUT2D eigenvalue weighted by Gasteiger charge is 2.27. The lowest BCUT2D eigenvalue weighted by Crippen LogP contribution is -2.36. The van der Waals surface area contributed by atoms with Crippen molar-refractivity contribution in [2.45, 2.75) is 84.8 Å². The van der Waals surface area contributed by atoms with Crippen molar-refractivity contribution in [1.29, 1.82) is 0 Å². The molecule has 0 rings (SSSR count). The van der Waals surface area contributed by atoms with Crippen molar-refractivity contribution in [3.05, 3.63) is 12.7 Å². The van der Waals surface area contributed by atoms with Gasteiger partial charge in [-0.05, 0) is 52.5 Å². The van der Waals surface area contributed by atoms with Crippen LogP contribution in [0.1, 0.15) is 73.6 Å². The second-order valence-corrected chi connectivity index (χ2v) is 7.16. The van der Waals surface area contributed by atoms with E-state index in [9.17, 15) is 4.79 Å². The van der Waals surface area contributed by atoms with Crippen LogP contribution in [-0.2, 0) is 14.3 Å². The average molecular weight is 312 g/mol. The molecule has 0 aromatic carbocycles. The molecule has 0 fully saturated rings. The van der Waals surface area contributed by atoms with Crippen molar-refractivity contribution < 1.29 is 14.3 Å². The summed E-state index contributed by atoms with van der Waals surface area (Å²) in [5.74, 6) is 0.552. The second-order valence-electron chi connectivity index (χ2n) is 7.16. The molecular formula is C19H36O3. The summed E-state index contributed by atoms with van der Waals surface area (Å²) in [5, 5.41) is 0. The van der Waals surface area contributed by atoms with Gasteiger partial charge >= 0.3 is 0 Å². The maximum atomic E-state index is 11.7. The van der Waals surface area contributed by atoms with Crippen LogP contribution >= 0.6 is 0 Å². The lowest BCUT2D eigenvalue weighted by Gasteiger charge is -2.30. The Hall–Kier alpha value is -0.670. The lowest BCUT2D eigenvalue weighted by atomic mass is 9.99. The van der Waals surface area contributed by atoms with Gasteiger partial charge in [-0.2, -0.15) is 0 Å². The molecule has 0 N–H and O–H groups in total. The summed E-state index contributed by atoms with van der Waals surface area (Å²) < 4.78 is 11.8. The molecule has 1 atom stereocenters. The normalized spacial score (nSPS) is 13.9. The molecule has 3 heteroatoms. The Bertz CT molecular complexity index is 332. The van der Waals surface area contributed by atoms with E-state index in [2.05, 4.69) is 34.3 Å². The molecule has 0 amide bonds. The van der Waals surface area contributed by atoms with Gasteiger partial charge in [0.1, 0.15) is 5.60 Å². The summed E-state index contributed by atoms with van der Waals surface area (Å²) in [6.07, 6.45) is 6.99. The van der Waals surface area contributed by atoms with Crippen LogP contribution in [0, 0.1) is 5.92 Å². The number of rotatable bonds is 13. The van der Waals surface area contributed by atoms with Gasteiger partial charge in [0, 0.05) is 0 Å². The van der Waals surface area contributed by atoms with Crippen LogP contribution in [0.4, 0.5) is 0 Å². The van der Waals surface area contributed by atoms with Gasteiger partial charge in [0.25, 0.3) is 0 Å². The molecule has 22 heavy (non-hydrogen) atoms. The van der Waals surface area contributed by atoms with Gasteiger partial charge in [-0.3, -0.25) is 4.79 Å². The van der Waals surface area contributed by atoms with E-state index in [1.54, 1.807) is 13.8 Å². The third kappa shape index (κ3) is 8.70. The van der Waals surface area contributed by atoms with Crippen LogP contribution in [0.15, 0.2) is 12.7 Å². The Morgan fingerprint density at radius 3 is 2.32 bits per heavy atom. The first-order chi connectivity index (χ1) is 10.2. The minimum atomic E-state index is -0.801. The molecule has 0 radical (unpaired) electrons. The Labute approximate surface area is 137 Å². The first-order valence-corrected chi connectivity index (χ1v) is 8.63. The number of ketones is 1. The maximum Gasteiger partial charge on any atom is 0.186 e. The van der Waals surface area contributed by atoms with Gasteiger partial charge < -0.3 is 9.47 Å². The number of hydrogen-bond acceptors (Lipinski definition) is 3. The molecule has 0 saturated carbocycles. The van der Waals surface area contributed by atoms with E-state index in [1.165, 1.54) is 25.3 Å². The molecule has 0 aromatic heterocycles. The molecule has 0 aliphatic rings. The van der Waals surface area contributed by atoms with Gasteiger partial charge in [0.15, 0.2) is 5.78 Å². The monoisotopic (exact) mass is 312 g/mol.